The van der Waals surface area contributed by atoms with Crippen LogP contribution >= 0.6 is 11.3 Å². The van der Waals surface area contributed by atoms with Crippen molar-refractivity contribution in [2.24, 2.45) is 0 Å². The molecule has 0 bridgehead atoms. The number of halogens is 1. The molecule has 0 atom stereocenters. The summed E-state index contributed by atoms with van der Waals surface area (Å²) in [5, 5.41) is 12.2. The van der Waals surface area contributed by atoms with Gasteiger partial charge in [-0.2, -0.15) is 0 Å². The Morgan fingerprint density at radius 3 is 2.96 bits per heavy atom. The van der Waals surface area contributed by atoms with Crippen molar-refractivity contribution in [2.75, 3.05) is 25.0 Å². The summed E-state index contributed by atoms with van der Waals surface area (Å²) in [6.45, 7) is 2.77. The summed E-state index contributed by atoms with van der Waals surface area (Å²) in [6, 6.07) is 6.15. The van der Waals surface area contributed by atoms with Gasteiger partial charge in [0.05, 0.1) is 6.61 Å². The van der Waals surface area contributed by atoms with Gasteiger partial charge in [0.1, 0.15) is 5.82 Å². The second-order valence-corrected chi connectivity index (χ2v) is 6.19. The average molecular weight is 337 g/mol. The predicted octanol–water partition coefficient (Wildman–Crippen LogP) is 3.11. The number of carbonyl (C=O) groups is 1. The van der Waals surface area contributed by atoms with Crippen LogP contribution in [0.1, 0.15) is 23.8 Å². The largest absolute Gasteiger partial charge is 0.395 e. The van der Waals surface area contributed by atoms with Crippen LogP contribution in [0, 0.1) is 5.82 Å². The van der Waals surface area contributed by atoms with E-state index in [4.69, 9.17) is 5.11 Å². The van der Waals surface area contributed by atoms with E-state index in [0.29, 0.717) is 24.6 Å². The normalized spacial score (nSPS) is 10.6. The quantitative estimate of drug-likeness (QED) is 0.816. The number of carbonyl (C=O) groups excluding carboxylic acids is 1. The third kappa shape index (κ3) is 5.30. The number of hydrogen-bond acceptors (Lipinski definition) is 4. The molecule has 2 amide bonds. The number of nitrogens with zero attached hydrogens (tertiary/aromatic N) is 2. The van der Waals surface area contributed by atoms with Crippen molar-refractivity contribution in [3.63, 3.8) is 0 Å². The van der Waals surface area contributed by atoms with Gasteiger partial charge in [0.25, 0.3) is 0 Å². The molecule has 23 heavy (non-hydrogen) atoms. The Morgan fingerprint density at radius 2 is 2.26 bits per heavy atom. The fraction of sp³-hybridized carbons (Fsp3) is 0.375. The van der Waals surface area contributed by atoms with Crippen molar-refractivity contribution in [3.8, 4) is 0 Å². The van der Waals surface area contributed by atoms with Gasteiger partial charge in [-0.3, -0.25) is 5.32 Å². The summed E-state index contributed by atoms with van der Waals surface area (Å²) >= 11 is 1.36. The second-order valence-electron chi connectivity index (χ2n) is 5.08. The average Bonchev–Trinajstić information content (AvgIpc) is 2.94. The number of aliphatic hydroxyl groups excluding tert-OH is 1. The van der Waals surface area contributed by atoms with Gasteiger partial charge in [0.15, 0.2) is 5.13 Å². The molecule has 5 nitrogen and oxygen atoms in total. The third-order valence-electron chi connectivity index (χ3n) is 3.19. The number of hydrogen-bond donors (Lipinski definition) is 2. The monoisotopic (exact) mass is 337 g/mol. The van der Waals surface area contributed by atoms with Gasteiger partial charge in [0.2, 0.25) is 0 Å². The van der Waals surface area contributed by atoms with Gasteiger partial charge in [-0.15, -0.1) is 11.3 Å². The van der Waals surface area contributed by atoms with E-state index < -0.39 is 0 Å². The zero-order valence-corrected chi connectivity index (χ0v) is 13.8. The summed E-state index contributed by atoms with van der Waals surface area (Å²) in [5.41, 5.74) is 0.861. The van der Waals surface area contributed by atoms with E-state index in [1.807, 2.05) is 13.0 Å². The van der Waals surface area contributed by atoms with Crippen molar-refractivity contribution in [2.45, 2.75) is 19.8 Å². The van der Waals surface area contributed by atoms with Crippen molar-refractivity contribution >= 4 is 22.5 Å². The lowest BCUT2D eigenvalue weighted by Crippen LogP contribution is -2.37. The standard InChI is InChI=1S/C16H20FN3O2S/c1-2-6-20(7-8-21)16(22)19-15-18-11-14(23-15)10-12-4-3-5-13(17)9-12/h3-5,9,11,21H,2,6-8,10H2,1H3,(H,18,19,22). The molecule has 0 aliphatic carbocycles. The van der Waals surface area contributed by atoms with Crippen LogP contribution in [0.25, 0.3) is 0 Å². The van der Waals surface area contributed by atoms with Gasteiger partial charge >= 0.3 is 6.03 Å². The van der Waals surface area contributed by atoms with Gasteiger partial charge in [-0.1, -0.05) is 19.1 Å². The lowest BCUT2D eigenvalue weighted by Gasteiger charge is -2.20. The number of anilines is 1. The minimum absolute atomic E-state index is 0.0733. The van der Waals surface area contributed by atoms with E-state index in [2.05, 4.69) is 10.3 Å². The van der Waals surface area contributed by atoms with Crippen molar-refractivity contribution in [1.29, 1.82) is 0 Å². The van der Waals surface area contributed by atoms with E-state index in [9.17, 15) is 9.18 Å². The Morgan fingerprint density at radius 1 is 1.43 bits per heavy atom. The maximum Gasteiger partial charge on any atom is 0.323 e. The number of nitrogens with one attached hydrogen (secondary N) is 1. The van der Waals surface area contributed by atoms with Crippen LogP contribution in [-0.2, 0) is 6.42 Å². The summed E-state index contributed by atoms with van der Waals surface area (Å²) < 4.78 is 13.2. The second kappa shape index (κ2) is 8.59. The molecule has 0 spiro atoms. The highest BCUT2D eigenvalue weighted by molar-refractivity contribution is 7.15. The molecule has 124 valence electrons. The maximum atomic E-state index is 13.2. The summed E-state index contributed by atoms with van der Waals surface area (Å²) in [5.74, 6) is -0.264. The number of aliphatic hydroxyl groups is 1. The molecule has 0 aliphatic heterocycles. The van der Waals surface area contributed by atoms with Gasteiger partial charge in [-0.25, -0.2) is 14.2 Å². The molecule has 1 aromatic heterocycles. The topological polar surface area (TPSA) is 65.5 Å². The lowest BCUT2D eigenvalue weighted by molar-refractivity contribution is 0.188. The maximum absolute atomic E-state index is 13.2. The molecule has 0 unspecified atom stereocenters. The predicted molar refractivity (Wildman–Crippen MR) is 89.3 cm³/mol. The Hall–Kier alpha value is -1.99. The van der Waals surface area contributed by atoms with Crippen molar-refractivity contribution < 1.29 is 14.3 Å². The fourth-order valence-electron chi connectivity index (χ4n) is 2.17. The molecule has 2 N–H and O–H groups in total. The molecular weight excluding hydrogens is 317 g/mol. The Bertz CT molecular complexity index is 642. The molecule has 0 saturated heterocycles. The molecule has 2 aromatic rings. The highest BCUT2D eigenvalue weighted by Gasteiger charge is 2.14. The van der Waals surface area contributed by atoms with Gasteiger partial charge in [-0.05, 0) is 24.1 Å². The minimum atomic E-state index is -0.271. The molecular formula is C16H20FN3O2S. The zero-order valence-electron chi connectivity index (χ0n) is 13.0. The molecule has 0 fully saturated rings. The summed E-state index contributed by atoms with van der Waals surface area (Å²) in [6.07, 6.45) is 3.07. The molecule has 7 heteroatoms. The van der Waals surface area contributed by atoms with E-state index in [1.165, 1.54) is 23.5 Å². The Labute approximate surface area is 138 Å². The Balaban J connectivity index is 1.97. The molecule has 0 radical (unpaired) electrons. The molecule has 1 aromatic carbocycles. The fourth-order valence-corrected chi connectivity index (χ4v) is 3.01. The van der Waals surface area contributed by atoms with Crippen LogP contribution in [0.15, 0.2) is 30.5 Å². The number of urea groups is 1. The van der Waals surface area contributed by atoms with E-state index in [1.54, 1.807) is 17.2 Å². The highest BCUT2D eigenvalue weighted by Crippen LogP contribution is 2.21. The van der Waals surface area contributed by atoms with E-state index in [-0.39, 0.29) is 18.5 Å². The number of aromatic nitrogens is 1. The van der Waals surface area contributed by atoms with E-state index in [0.717, 1.165) is 16.9 Å². The highest BCUT2D eigenvalue weighted by atomic mass is 32.1. The number of amides is 2. The third-order valence-corrected chi connectivity index (χ3v) is 4.10. The molecule has 1 heterocycles. The molecule has 0 aliphatic rings. The van der Waals surface area contributed by atoms with Crippen LogP contribution in [0.5, 0.6) is 0 Å². The van der Waals surface area contributed by atoms with Crippen molar-refractivity contribution in [3.05, 3.63) is 46.7 Å². The van der Waals surface area contributed by atoms with Crippen LogP contribution in [-0.4, -0.2) is 40.7 Å². The summed E-state index contributed by atoms with van der Waals surface area (Å²) in [7, 11) is 0. The smallest absolute Gasteiger partial charge is 0.323 e. The number of benzene rings is 1. The van der Waals surface area contributed by atoms with Crippen LogP contribution in [0.2, 0.25) is 0 Å². The minimum Gasteiger partial charge on any atom is -0.395 e. The van der Waals surface area contributed by atoms with E-state index >= 15 is 0 Å². The SMILES string of the molecule is CCCN(CCO)C(=O)Nc1ncc(Cc2cccc(F)c2)s1. The molecule has 0 saturated carbocycles. The molecule has 2 rings (SSSR count). The van der Waals surface area contributed by atoms with Crippen LogP contribution in [0.4, 0.5) is 14.3 Å². The van der Waals surface area contributed by atoms with Gasteiger partial charge in [0, 0.05) is 30.6 Å². The first-order chi connectivity index (χ1) is 11.1. The first-order valence-electron chi connectivity index (χ1n) is 7.48. The van der Waals surface area contributed by atoms with Gasteiger partial charge < -0.3 is 10.0 Å². The zero-order chi connectivity index (χ0) is 16.7. The first-order valence-corrected chi connectivity index (χ1v) is 8.30. The number of rotatable bonds is 7. The van der Waals surface area contributed by atoms with Crippen molar-refractivity contribution in [1.82, 2.24) is 9.88 Å². The first kappa shape index (κ1) is 17.4. The van der Waals surface area contributed by atoms with Crippen LogP contribution < -0.4 is 5.32 Å². The summed E-state index contributed by atoms with van der Waals surface area (Å²) in [4.78, 5) is 18.8. The van der Waals surface area contributed by atoms with Crippen LogP contribution in [0.3, 0.4) is 0 Å². The Kier molecular flexibility index (Phi) is 6.49. The lowest BCUT2D eigenvalue weighted by atomic mass is 10.1. The number of thiazole rings is 1.